The van der Waals surface area contributed by atoms with Crippen molar-refractivity contribution in [2.45, 2.75) is 26.7 Å². The lowest BCUT2D eigenvalue weighted by Crippen LogP contribution is -2.21. The molecule has 0 aliphatic heterocycles. The van der Waals surface area contributed by atoms with Gasteiger partial charge >= 0.3 is 0 Å². The van der Waals surface area contributed by atoms with Gasteiger partial charge < -0.3 is 5.32 Å². The first kappa shape index (κ1) is 13.3. The molecule has 4 heteroatoms. The fraction of sp³-hybridized carbons (Fsp3) is 0.417. The maximum Gasteiger partial charge on any atom is 0.227 e. The minimum Gasteiger partial charge on any atom is -0.324 e. The van der Waals surface area contributed by atoms with Crippen LogP contribution in [0.2, 0.25) is 10.0 Å². The van der Waals surface area contributed by atoms with Crippen LogP contribution < -0.4 is 5.32 Å². The Morgan fingerprint density at radius 1 is 1.31 bits per heavy atom. The lowest BCUT2D eigenvalue weighted by Gasteiger charge is -2.13. The molecule has 1 amide bonds. The normalized spacial score (nSPS) is 10.6. The monoisotopic (exact) mass is 259 g/mol. The fourth-order valence-corrected chi connectivity index (χ4v) is 1.84. The number of halogens is 2. The van der Waals surface area contributed by atoms with Crippen LogP contribution in [0.5, 0.6) is 0 Å². The third-order valence-electron chi connectivity index (χ3n) is 2.57. The SMILES string of the molecule is CCC(CC)C(=O)Nc1cccc(Cl)c1Cl. The summed E-state index contributed by atoms with van der Waals surface area (Å²) in [5, 5.41) is 3.64. The molecule has 0 aliphatic rings. The van der Waals surface area contributed by atoms with Gasteiger partial charge in [0.05, 0.1) is 15.7 Å². The predicted molar refractivity (Wildman–Crippen MR) is 69.2 cm³/mol. The van der Waals surface area contributed by atoms with Crippen LogP contribution in [-0.4, -0.2) is 5.91 Å². The molecule has 0 bridgehead atoms. The number of rotatable bonds is 4. The van der Waals surface area contributed by atoms with Gasteiger partial charge in [-0.3, -0.25) is 4.79 Å². The highest BCUT2D eigenvalue weighted by Crippen LogP contribution is 2.30. The highest BCUT2D eigenvalue weighted by atomic mass is 35.5. The maximum atomic E-state index is 11.8. The Bertz CT molecular complexity index is 375. The van der Waals surface area contributed by atoms with E-state index in [0.29, 0.717) is 15.7 Å². The number of hydrogen-bond donors (Lipinski definition) is 1. The number of benzene rings is 1. The number of carbonyl (C=O) groups is 1. The predicted octanol–water partition coefficient (Wildman–Crippen LogP) is 4.37. The van der Waals surface area contributed by atoms with Crippen LogP contribution in [-0.2, 0) is 4.79 Å². The number of amides is 1. The van der Waals surface area contributed by atoms with E-state index in [2.05, 4.69) is 5.32 Å². The molecule has 88 valence electrons. The van der Waals surface area contributed by atoms with Crippen molar-refractivity contribution < 1.29 is 4.79 Å². The minimum atomic E-state index is -0.00540. The van der Waals surface area contributed by atoms with E-state index in [4.69, 9.17) is 23.2 Å². The van der Waals surface area contributed by atoms with Gasteiger partial charge in [-0.25, -0.2) is 0 Å². The lowest BCUT2D eigenvalue weighted by molar-refractivity contribution is -0.120. The van der Waals surface area contributed by atoms with Gasteiger partial charge in [-0.2, -0.15) is 0 Å². The largest absolute Gasteiger partial charge is 0.324 e. The molecule has 0 saturated heterocycles. The molecule has 2 nitrogen and oxygen atoms in total. The highest BCUT2D eigenvalue weighted by molar-refractivity contribution is 6.43. The zero-order valence-corrected chi connectivity index (χ0v) is 10.9. The number of nitrogens with one attached hydrogen (secondary N) is 1. The Kier molecular flexibility index (Phi) is 5.10. The van der Waals surface area contributed by atoms with E-state index >= 15 is 0 Å². The molecule has 1 rings (SSSR count). The molecule has 0 heterocycles. The van der Waals surface area contributed by atoms with Crippen LogP contribution in [0, 0.1) is 5.92 Å². The minimum absolute atomic E-state index is 0.00540. The van der Waals surface area contributed by atoms with Gasteiger partial charge in [0.15, 0.2) is 0 Å². The average molecular weight is 260 g/mol. The molecule has 0 unspecified atom stereocenters. The summed E-state index contributed by atoms with van der Waals surface area (Å²) in [5.41, 5.74) is 0.575. The molecule has 0 saturated carbocycles. The topological polar surface area (TPSA) is 29.1 Å². The molecule has 0 fully saturated rings. The van der Waals surface area contributed by atoms with E-state index < -0.39 is 0 Å². The zero-order chi connectivity index (χ0) is 12.1. The van der Waals surface area contributed by atoms with Crippen molar-refractivity contribution in [1.29, 1.82) is 0 Å². The van der Waals surface area contributed by atoms with E-state index in [-0.39, 0.29) is 11.8 Å². The molecule has 16 heavy (non-hydrogen) atoms. The van der Waals surface area contributed by atoms with Crippen molar-refractivity contribution in [3.05, 3.63) is 28.2 Å². The second-order valence-corrected chi connectivity index (χ2v) is 4.39. The summed E-state index contributed by atoms with van der Waals surface area (Å²) in [6.07, 6.45) is 1.64. The number of anilines is 1. The van der Waals surface area contributed by atoms with Crippen molar-refractivity contribution in [3.63, 3.8) is 0 Å². The Morgan fingerprint density at radius 3 is 2.50 bits per heavy atom. The quantitative estimate of drug-likeness (QED) is 0.855. The maximum absolute atomic E-state index is 11.8. The Hall–Kier alpha value is -0.730. The van der Waals surface area contributed by atoms with Crippen molar-refractivity contribution in [3.8, 4) is 0 Å². The second-order valence-electron chi connectivity index (χ2n) is 3.60. The first-order valence-electron chi connectivity index (χ1n) is 5.35. The van der Waals surface area contributed by atoms with Crippen LogP contribution in [0.1, 0.15) is 26.7 Å². The summed E-state index contributed by atoms with van der Waals surface area (Å²) in [5.74, 6) is 0.0178. The summed E-state index contributed by atoms with van der Waals surface area (Å²) in [7, 11) is 0. The van der Waals surface area contributed by atoms with Crippen LogP contribution >= 0.6 is 23.2 Å². The molecule has 0 aromatic heterocycles. The summed E-state index contributed by atoms with van der Waals surface area (Å²) < 4.78 is 0. The van der Waals surface area contributed by atoms with Crippen molar-refractivity contribution in [1.82, 2.24) is 0 Å². The molecule has 1 aromatic carbocycles. The van der Waals surface area contributed by atoms with Crippen LogP contribution in [0.15, 0.2) is 18.2 Å². The van der Waals surface area contributed by atoms with Crippen molar-refractivity contribution >= 4 is 34.8 Å². The Morgan fingerprint density at radius 2 is 1.94 bits per heavy atom. The Labute approximate surface area is 106 Å². The number of carbonyl (C=O) groups excluding carboxylic acids is 1. The molecular formula is C12H15Cl2NO. The molecule has 1 N–H and O–H groups in total. The van der Waals surface area contributed by atoms with Gasteiger partial charge in [-0.15, -0.1) is 0 Å². The van der Waals surface area contributed by atoms with Crippen LogP contribution in [0.3, 0.4) is 0 Å². The molecule has 0 radical (unpaired) electrons. The van der Waals surface area contributed by atoms with E-state index in [1.165, 1.54) is 0 Å². The van der Waals surface area contributed by atoms with Gasteiger partial charge in [0.25, 0.3) is 0 Å². The van der Waals surface area contributed by atoms with E-state index in [9.17, 15) is 4.79 Å². The average Bonchev–Trinajstić information content (AvgIpc) is 2.26. The van der Waals surface area contributed by atoms with E-state index in [1.807, 2.05) is 13.8 Å². The van der Waals surface area contributed by atoms with Crippen molar-refractivity contribution in [2.24, 2.45) is 5.92 Å². The summed E-state index contributed by atoms with van der Waals surface area (Å²) >= 11 is 11.8. The van der Waals surface area contributed by atoms with Crippen molar-refractivity contribution in [2.75, 3.05) is 5.32 Å². The van der Waals surface area contributed by atoms with Crippen LogP contribution in [0.4, 0.5) is 5.69 Å². The van der Waals surface area contributed by atoms with Gasteiger partial charge in [-0.1, -0.05) is 43.1 Å². The molecular weight excluding hydrogens is 245 g/mol. The molecule has 1 aromatic rings. The number of hydrogen-bond acceptors (Lipinski definition) is 1. The first-order valence-corrected chi connectivity index (χ1v) is 6.10. The Balaban J connectivity index is 2.80. The molecule has 0 atom stereocenters. The first-order chi connectivity index (χ1) is 7.60. The van der Waals surface area contributed by atoms with Gasteiger partial charge in [-0.05, 0) is 25.0 Å². The zero-order valence-electron chi connectivity index (χ0n) is 9.39. The van der Waals surface area contributed by atoms with E-state index in [0.717, 1.165) is 12.8 Å². The third kappa shape index (κ3) is 3.13. The standard InChI is InChI=1S/C12H15Cl2NO/c1-3-8(4-2)12(16)15-10-7-5-6-9(13)11(10)14/h5-8H,3-4H2,1-2H3,(H,15,16). The smallest absolute Gasteiger partial charge is 0.227 e. The van der Waals surface area contributed by atoms with E-state index in [1.54, 1.807) is 18.2 Å². The second kappa shape index (κ2) is 6.12. The molecule has 0 spiro atoms. The fourth-order valence-electron chi connectivity index (χ4n) is 1.49. The summed E-state index contributed by atoms with van der Waals surface area (Å²) in [4.78, 5) is 11.8. The highest BCUT2D eigenvalue weighted by Gasteiger charge is 2.15. The lowest BCUT2D eigenvalue weighted by atomic mass is 10.0. The van der Waals surface area contributed by atoms with Gasteiger partial charge in [0, 0.05) is 5.92 Å². The third-order valence-corrected chi connectivity index (χ3v) is 3.38. The van der Waals surface area contributed by atoms with Gasteiger partial charge in [0.2, 0.25) is 5.91 Å². The van der Waals surface area contributed by atoms with Gasteiger partial charge in [0.1, 0.15) is 0 Å². The molecule has 0 aliphatic carbocycles. The van der Waals surface area contributed by atoms with Crippen LogP contribution in [0.25, 0.3) is 0 Å². The summed E-state index contributed by atoms with van der Waals surface area (Å²) in [6.45, 7) is 3.99. The summed E-state index contributed by atoms with van der Waals surface area (Å²) in [6, 6.07) is 5.20.